The van der Waals surface area contributed by atoms with Crippen molar-refractivity contribution in [2.24, 2.45) is 0 Å². The summed E-state index contributed by atoms with van der Waals surface area (Å²) in [6, 6.07) is 11.8. The van der Waals surface area contributed by atoms with Crippen molar-refractivity contribution in [3.63, 3.8) is 0 Å². The Bertz CT molecular complexity index is 977. The fourth-order valence-electron chi connectivity index (χ4n) is 3.42. The second-order valence-electron chi connectivity index (χ2n) is 7.13. The van der Waals surface area contributed by atoms with Crippen molar-refractivity contribution in [2.45, 2.75) is 12.5 Å². The first kappa shape index (κ1) is 18.6. The fraction of sp³-hybridized carbons (Fsp3) is 0.368. The minimum absolute atomic E-state index is 0.0419. The summed E-state index contributed by atoms with van der Waals surface area (Å²) in [7, 11) is -3.04. The third-order valence-electron chi connectivity index (χ3n) is 5.08. The fourth-order valence-corrected chi connectivity index (χ4v) is 5.79. The average molecular weight is 417 g/mol. The zero-order chi connectivity index (χ0) is 20.0. The van der Waals surface area contributed by atoms with Crippen LogP contribution in [0, 0.1) is 10.1 Å². The lowest BCUT2D eigenvalue weighted by atomic mass is 10.0. The summed E-state index contributed by atoms with van der Waals surface area (Å²) >= 11 is 0. The Hall–Kier alpha value is -2.45. The van der Waals surface area contributed by atoms with E-state index in [9.17, 15) is 14.7 Å². The number of fused-ring (bicyclic) bond motifs is 1. The molecule has 2 aromatic carbocycles. The van der Waals surface area contributed by atoms with Crippen LogP contribution >= 0.6 is 7.67 Å². The van der Waals surface area contributed by atoms with Crippen LogP contribution in [-0.2, 0) is 9.09 Å². The molecule has 0 spiro atoms. The van der Waals surface area contributed by atoms with Crippen LogP contribution in [-0.4, -0.2) is 47.1 Å². The van der Waals surface area contributed by atoms with Gasteiger partial charge in [0.15, 0.2) is 5.75 Å². The molecule has 3 heterocycles. The number of nitrogens with zero attached hydrogens (tertiary/aromatic N) is 3. The molecule has 1 unspecified atom stereocenters. The highest BCUT2D eigenvalue weighted by Crippen LogP contribution is 2.64. The van der Waals surface area contributed by atoms with Crippen LogP contribution in [0.4, 0.5) is 5.69 Å². The van der Waals surface area contributed by atoms with E-state index >= 15 is 0 Å². The van der Waals surface area contributed by atoms with Crippen molar-refractivity contribution in [3.8, 4) is 17.2 Å². The molecule has 2 aromatic rings. The van der Waals surface area contributed by atoms with E-state index in [0.29, 0.717) is 24.3 Å². The highest BCUT2D eigenvalue weighted by Gasteiger charge is 2.51. The molecule has 2 saturated heterocycles. The summed E-state index contributed by atoms with van der Waals surface area (Å²) in [5.41, 5.74) is 0.435. The summed E-state index contributed by atoms with van der Waals surface area (Å²) in [4.78, 5) is 11.1. The maximum Gasteiger partial charge on any atom is 0.346 e. The molecule has 1 atom stereocenters. The molecule has 3 aliphatic heterocycles. The van der Waals surface area contributed by atoms with Gasteiger partial charge in [-0.15, -0.1) is 0 Å². The number of nitro groups is 1. The van der Waals surface area contributed by atoms with Gasteiger partial charge in [-0.05, 0) is 18.2 Å². The second kappa shape index (κ2) is 7.11. The quantitative estimate of drug-likeness (QED) is 0.289. The van der Waals surface area contributed by atoms with Gasteiger partial charge in [0, 0.05) is 44.2 Å². The molecule has 10 heteroatoms. The van der Waals surface area contributed by atoms with Crippen molar-refractivity contribution in [3.05, 3.63) is 58.1 Å². The molecule has 152 valence electrons. The molecule has 2 fully saturated rings. The van der Waals surface area contributed by atoms with E-state index in [2.05, 4.69) is 0 Å². The van der Waals surface area contributed by atoms with Gasteiger partial charge in [0.1, 0.15) is 5.75 Å². The predicted octanol–water partition coefficient (Wildman–Crippen LogP) is 3.97. The third kappa shape index (κ3) is 3.51. The Morgan fingerprint density at radius 1 is 1.07 bits per heavy atom. The van der Waals surface area contributed by atoms with Crippen LogP contribution in [0.3, 0.4) is 0 Å². The molecule has 5 rings (SSSR count). The summed E-state index contributed by atoms with van der Waals surface area (Å²) in [5, 5.41) is 11.6. The van der Waals surface area contributed by atoms with Gasteiger partial charge in [-0.1, -0.05) is 18.2 Å². The zero-order valence-corrected chi connectivity index (χ0v) is 16.5. The first-order valence-corrected chi connectivity index (χ1v) is 11.1. The molecule has 0 radical (unpaired) electrons. The molecule has 0 aliphatic carbocycles. The molecule has 0 bridgehead atoms. The number of hydrogen-bond donors (Lipinski definition) is 0. The van der Waals surface area contributed by atoms with Crippen molar-refractivity contribution in [1.82, 2.24) is 9.34 Å². The van der Waals surface area contributed by atoms with Crippen LogP contribution in [0.2, 0.25) is 0 Å². The Kier molecular flexibility index (Phi) is 4.55. The summed E-state index contributed by atoms with van der Waals surface area (Å²) in [6.07, 6.45) is 0.0334. The highest BCUT2D eigenvalue weighted by molar-refractivity contribution is 7.54. The molecule has 29 heavy (non-hydrogen) atoms. The molecule has 0 aromatic heterocycles. The average Bonchev–Trinajstić information content (AvgIpc) is 3.61. The minimum Gasteiger partial charge on any atom is -0.489 e. The lowest BCUT2D eigenvalue weighted by Gasteiger charge is -2.31. The van der Waals surface area contributed by atoms with Gasteiger partial charge in [-0.3, -0.25) is 19.2 Å². The van der Waals surface area contributed by atoms with Gasteiger partial charge >= 0.3 is 13.4 Å². The van der Waals surface area contributed by atoms with Gasteiger partial charge in [0.2, 0.25) is 5.75 Å². The lowest BCUT2D eigenvalue weighted by Crippen LogP contribution is -2.19. The van der Waals surface area contributed by atoms with E-state index in [-0.39, 0.29) is 17.2 Å². The number of benzene rings is 2. The minimum atomic E-state index is -3.04. The zero-order valence-electron chi connectivity index (χ0n) is 15.6. The number of nitro benzene ring substituents is 1. The topological polar surface area (TPSA) is 93.9 Å². The molecule has 0 saturated carbocycles. The highest BCUT2D eigenvalue weighted by atomic mass is 31.2. The largest absolute Gasteiger partial charge is 0.489 e. The third-order valence-corrected chi connectivity index (χ3v) is 7.84. The molecule has 0 amide bonds. The smallest absolute Gasteiger partial charge is 0.346 e. The first-order valence-electron chi connectivity index (χ1n) is 9.52. The van der Waals surface area contributed by atoms with E-state index in [0.717, 1.165) is 26.2 Å². The van der Waals surface area contributed by atoms with Crippen LogP contribution in [0.25, 0.3) is 0 Å². The van der Waals surface area contributed by atoms with E-state index in [1.54, 1.807) is 30.3 Å². The van der Waals surface area contributed by atoms with E-state index in [1.165, 1.54) is 6.07 Å². The van der Waals surface area contributed by atoms with E-state index < -0.39 is 18.7 Å². The molecule has 3 aliphatic rings. The number of para-hydroxylation sites is 1. The normalized spacial score (nSPS) is 21.2. The van der Waals surface area contributed by atoms with Crippen LogP contribution in [0.5, 0.6) is 17.2 Å². The van der Waals surface area contributed by atoms with Crippen molar-refractivity contribution in [2.75, 3.05) is 32.8 Å². The Balaban J connectivity index is 1.52. The van der Waals surface area contributed by atoms with Gasteiger partial charge in [-0.25, -0.2) is 9.34 Å². The maximum atomic E-state index is 13.4. The van der Waals surface area contributed by atoms with Crippen LogP contribution < -0.4 is 9.47 Å². The monoisotopic (exact) mass is 417 g/mol. The van der Waals surface area contributed by atoms with Gasteiger partial charge in [0.05, 0.1) is 17.6 Å². The lowest BCUT2D eigenvalue weighted by molar-refractivity contribution is -0.385. The van der Waals surface area contributed by atoms with Crippen molar-refractivity contribution in [1.29, 1.82) is 0 Å². The molecular formula is C19H20N3O6P. The summed E-state index contributed by atoms with van der Waals surface area (Å²) in [5.74, 6) is 0.789. The SMILES string of the molecule is O=[N+]([O-])c1ccc2c(c1Oc1ccccc1)OCCC2OP(=O)(N1CC1)N1CC1. The summed E-state index contributed by atoms with van der Waals surface area (Å²) < 4.78 is 34.9. The number of rotatable bonds is 7. The van der Waals surface area contributed by atoms with Crippen LogP contribution in [0.1, 0.15) is 18.1 Å². The van der Waals surface area contributed by atoms with Crippen LogP contribution in [0.15, 0.2) is 42.5 Å². The Morgan fingerprint density at radius 3 is 2.38 bits per heavy atom. The van der Waals surface area contributed by atoms with Crippen molar-refractivity contribution >= 4 is 13.4 Å². The molecule has 0 N–H and O–H groups in total. The van der Waals surface area contributed by atoms with E-state index in [4.69, 9.17) is 14.0 Å². The number of hydrogen-bond acceptors (Lipinski definition) is 6. The Morgan fingerprint density at radius 2 is 1.76 bits per heavy atom. The summed E-state index contributed by atoms with van der Waals surface area (Å²) in [6.45, 7) is 3.32. The Labute approximate surface area is 167 Å². The maximum absolute atomic E-state index is 13.4. The van der Waals surface area contributed by atoms with Gasteiger partial charge < -0.3 is 9.47 Å². The second-order valence-corrected chi connectivity index (χ2v) is 9.46. The van der Waals surface area contributed by atoms with E-state index in [1.807, 2.05) is 15.4 Å². The first-order chi connectivity index (χ1) is 14.1. The molecular weight excluding hydrogens is 397 g/mol. The standard InChI is InChI=1S/C19H20N3O6P/c23-22(24)16-7-6-15-17(28-29(25,20-9-10-20)21-11-12-21)8-13-26-18(15)19(16)27-14-4-2-1-3-5-14/h1-7,17H,8-13H2. The van der Waals surface area contributed by atoms with Crippen molar-refractivity contribution < 1.29 is 23.5 Å². The predicted molar refractivity (Wildman–Crippen MR) is 104 cm³/mol. The molecule has 9 nitrogen and oxygen atoms in total. The van der Waals surface area contributed by atoms with Gasteiger partial charge in [0.25, 0.3) is 0 Å². The number of ether oxygens (including phenoxy) is 2. The van der Waals surface area contributed by atoms with Gasteiger partial charge in [-0.2, -0.15) is 0 Å².